The lowest BCUT2D eigenvalue weighted by Gasteiger charge is -2.33. The van der Waals surface area contributed by atoms with E-state index in [0.717, 1.165) is 12.1 Å². The zero-order valence-electron chi connectivity index (χ0n) is 12.6. The molecule has 0 saturated carbocycles. The number of nitrogens with two attached hydrogens (primary N) is 1. The zero-order valence-corrected chi connectivity index (χ0v) is 13.4. The second-order valence-electron chi connectivity index (χ2n) is 5.12. The molecule has 12 nitrogen and oxygen atoms in total. The Labute approximate surface area is 141 Å². The molecule has 1 aliphatic rings. The first-order valence-corrected chi connectivity index (χ1v) is 8.27. The Balaban J connectivity index is 1.84. The molecule has 0 radical (unpaired) electrons. The number of carbonyl (C=O) groups is 3. The number of urea groups is 1. The van der Waals surface area contributed by atoms with E-state index in [2.05, 4.69) is 0 Å². The van der Waals surface area contributed by atoms with Gasteiger partial charge < -0.3 is 15.9 Å². The van der Waals surface area contributed by atoms with Crippen molar-refractivity contribution in [3.8, 4) is 11.5 Å². The van der Waals surface area contributed by atoms with Crippen molar-refractivity contribution in [1.82, 2.24) is 19.9 Å². The Morgan fingerprint density at radius 3 is 2.52 bits per heavy atom. The summed E-state index contributed by atoms with van der Waals surface area (Å²) in [5.74, 6) is -2.32. The molecule has 0 aliphatic carbocycles. The van der Waals surface area contributed by atoms with Crippen LogP contribution >= 0.6 is 0 Å². The zero-order chi connectivity index (χ0) is 18.8. The molecule has 1 aliphatic heterocycles. The summed E-state index contributed by atoms with van der Waals surface area (Å²) in [4.78, 5) is 36.7. The Morgan fingerprint density at radius 1 is 1.28 bits per heavy atom. The number of imide groups is 1. The summed E-state index contributed by atoms with van der Waals surface area (Å²) in [6.45, 7) is -0.114. The fraction of sp³-hybridized carbons (Fsp3) is 0.250. The van der Waals surface area contributed by atoms with Gasteiger partial charge in [0.15, 0.2) is 11.5 Å². The number of carbonyl (C=O) groups excluding carboxylic acids is 3. The molecule has 1 aromatic rings. The minimum atomic E-state index is -4.45. The number of benzene rings is 1. The van der Waals surface area contributed by atoms with Gasteiger partial charge >= 0.3 is 16.2 Å². The van der Waals surface area contributed by atoms with Crippen molar-refractivity contribution in [1.29, 1.82) is 0 Å². The predicted octanol–water partition coefficient (Wildman–Crippen LogP) is -2.61. The molecular weight excluding hydrogens is 358 g/mol. The quantitative estimate of drug-likeness (QED) is 0.184. The van der Waals surface area contributed by atoms with Crippen LogP contribution in [0, 0.1) is 0 Å². The largest absolute Gasteiger partial charge is 0.504 e. The van der Waals surface area contributed by atoms with Crippen molar-refractivity contribution in [3.63, 3.8) is 0 Å². The molecule has 1 fully saturated rings. The van der Waals surface area contributed by atoms with Gasteiger partial charge in [0.1, 0.15) is 6.04 Å². The van der Waals surface area contributed by atoms with Gasteiger partial charge in [-0.25, -0.2) is 9.52 Å². The normalized spacial score (nSPS) is 16.9. The van der Waals surface area contributed by atoms with Gasteiger partial charge in [0.05, 0.1) is 13.0 Å². The Morgan fingerprint density at radius 2 is 1.96 bits per heavy atom. The van der Waals surface area contributed by atoms with Gasteiger partial charge in [0, 0.05) is 0 Å². The van der Waals surface area contributed by atoms with Crippen molar-refractivity contribution < 1.29 is 33.0 Å². The second kappa shape index (κ2) is 6.92. The van der Waals surface area contributed by atoms with Crippen LogP contribution in [0.25, 0.3) is 0 Å². The molecule has 136 valence electrons. The smallest absolute Gasteiger partial charge is 0.338 e. The molecule has 25 heavy (non-hydrogen) atoms. The number of hydrazine groups is 1. The highest BCUT2D eigenvalue weighted by Gasteiger charge is 2.39. The third-order valence-corrected chi connectivity index (χ3v) is 3.97. The number of β-lactam (4-membered cyclic amide) rings is 1. The van der Waals surface area contributed by atoms with E-state index in [0.29, 0.717) is 10.5 Å². The summed E-state index contributed by atoms with van der Waals surface area (Å²) >= 11 is 0. The second-order valence-corrected chi connectivity index (χ2v) is 6.53. The van der Waals surface area contributed by atoms with Gasteiger partial charge in [-0.2, -0.15) is 8.42 Å². The van der Waals surface area contributed by atoms with Crippen LogP contribution in [-0.2, 0) is 26.2 Å². The molecule has 2 rings (SSSR count). The summed E-state index contributed by atoms with van der Waals surface area (Å²) in [5.41, 5.74) is 7.42. The van der Waals surface area contributed by atoms with Crippen LogP contribution in [0.5, 0.6) is 11.5 Å². The van der Waals surface area contributed by atoms with Gasteiger partial charge in [0.25, 0.3) is 0 Å². The molecule has 1 atom stereocenters. The van der Waals surface area contributed by atoms with Crippen molar-refractivity contribution in [2.45, 2.75) is 12.5 Å². The predicted molar refractivity (Wildman–Crippen MR) is 81.9 cm³/mol. The minimum absolute atomic E-state index is 0.114. The lowest BCUT2D eigenvalue weighted by atomic mass is 10.1. The summed E-state index contributed by atoms with van der Waals surface area (Å²) in [7, 11) is -4.45. The van der Waals surface area contributed by atoms with Gasteiger partial charge in [-0.1, -0.05) is 6.07 Å². The molecule has 0 bridgehead atoms. The van der Waals surface area contributed by atoms with E-state index in [1.807, 2.05) is 5.43 Å². The van der Waals surface area contributed by atoms with E-state index in [-0.39, 0.29) is 18.7 Å². The lowest BCUT2D eigenvalue weighted by Crippen LogP contribution is -2.66. The van der Waals surface area contributed by atoms with E-state index in [1.54, 1.807) is 4.83 Å². The van der Waals surface area contributed by atoms with Crippen molar-refractivity contribution >= 4 is 28.1 Å². The van der Waals surface area contributed by atoms with Crippen LogP contribution < -0.4 is 20.7 Å². The third kappa shape index (κ3) is 4.56. The van der Waals surface area contributed by atoms with Crippen LogP contribution in [0.4, 0.5) is 4.79 Å². The Bertz CT molecular complexity index is 825. The van der Waals surface area contributed by atoms with Crippen molar-refractivity contribution in [2.75, 3.05) is 6.54 Å². The van der Waals surface area contributed by atoms with Crippen LogP contribution in [0.3, 0.4) is 0 Å². The lowest BCUT2D eigenvalue weighted by molar-refractivity contribution is -0.137. The Hall–Kier alpha value is -2.90. The number of aromatic hydroxyl groups is 2. The molecule has 1 unspecified atom stereocenters. The molecule has 4 amide bonds. The van der Waals surface area contributed by atoms with E-state index in [1.165, 1.54) is 10.8 Å². The number of amides is 4. The fourth-order valence-electron chi connectivity index (χ4n) is 1.86. The molecule has 1 heterocycles. The van der Waals surface area contributed by atoms with Gasteiger partial charge in [-0.3, -0.25) is 19.9 Å². The standard InChI is InChI=1S/C12H15N5O7S/c13-7-5-17(11(7)21)12(22)15-25(23,24)16-14-10(20)4-6-1-2-8(18)9(19)3-6/h1-3,7,16,18-19H,4-5,13H2,(H,14,20)(H,15,22). The number of nitrogens with zero attached hydrogens (tertiary/aromatic N) is 1. The summed E-state index contributed by atoms with van der Waals surface area (Å²) < 4.78 is 24.8. The summed E-state index contributed by atoms with van der Waals surface area (Å²) in [6, 6.07) is 1.60. The molecule has 0 aromatic heterocycles. The number of nitrogens with one attached hydrogen (secondary N) is 3. The Kier molecular flexibility index (Phi) is 5.10. The number of hydrogen-bond donors (Lipinski definition) is 6. The maximum Gasteiger partial charge on any atom is 0.338 e. The number of phenols is 2. The SMILES string of the molecule is NC1CN(C(=O)NS(=O)(=O)NNC(=O)Cc2ccc(O)c(O)c2)C1=O. The first-order chi connectivity index (χ1) is 11.6. The number of phenolic OH excluding ortho intramolecular Hbond substituents is 2. The van der Waals surface area contributed by atoms with E-state index >= 15 is 0 Å². The molecule has 13 heteroatoms. The van der Waals surface area contributed by atoms with Crippen LogP contribution in [0.2, 0.25) is 0 Å². The first kappa shape index (κ1) is 18.4. The highest BCUT2D eigenvalue weighted by Crippen LogP contribution is 2.24. The average Bonchev–Trinajstić information content (AvgIpc) is 2.53. The molecule has 7 N–H and O–H groups in total. The van der Waals surface area contributed by atoms with Gasteiger partial charge in [0.2, 0.25) is 11.8 Å². The van der Waals surface area contributed by atoms with Crippen molar-refractivity contribution in [2.24, 2.45) is 5.73 Å². The van der Waals surface area contributed by atoms with Gasteiger partial charge in [-0.05, 0) is 17.7 Å². The monoisotopic (exact) mass is 373 g/mol. The molecular formula is C12H15N5O7S. The molecule has 1 aromatic carbocycles. The molecule has 1 saturated heterocycles. The van der Waals surface area contributed by atoms with Crippen LogP contribution in [-0.4, -0.2) is 54.0 Å². The maximum atomic E-state index is 11.7. The minimum Gasteiger partial charge on any atom is -0.504 e. The van der Waals surface area contributed by atoms with Crippen LogP contribution in [0.15, 0.2) is 18.2 Å². The first-order valence-electron chi connectivity index (χ1n) is 6.79. The molecule has 0 spiro atoms. The average molecular weight is 373 g/mol. The van der Waals surface area contributed by atoms with Crippen molar-refractivity contribution in [3.05, 3.63) is 23.8 Å². The number of hydrogen-bond acceptors (Lipinski definition) is 8. The van der Waals surface area contributed by atoms with E-state index in [9.17, 15) is 27.9 Å². The number of likely N-dealkylation sites (tertiary alicyclic amines) is 1. The highest BCUT2D eigenvalue weighted by atomic mass is 32.2. The van der Waals surface area contributed by atoms with Gasteiger partial charge in [-0.15, -0.1) is 4.83 Å². The third-order valence-electron chi connectivity index (χ3n) is 3.16. The maximum absolute atomic E-state index is 11.7. The summed E-state index contributed by atoms with van der Waals surface area (Å²) in [5, 5.41) is 18.5. The highest BCUT2D eigenvalue weighted by molar-refractivity contribution is 7.88. The van der Waals surface area contributed by atoms with E-state index in [4.69, 9.17) is 10.8 Å². The summed E-state index contributed by atoms with van der Waals surface area (Å²) in [6.07, 6.45) is -0.316. The topological polar surface area (TPSA) is 191 Å². The number of rotatable bonds is 5. The van der Waals surface area contributed by atoms with Crippen LogP contribution in [0.1, 0.15) is 5.56 Å². The fourth-order valence-corrected chi connectivity index (χ4v) is 2.50. The van der Waals surface area contributed by atoms with E-state index < -0.39 is 39.8 Å².